The number of aromatic nitrogens is 2. The maximum absolute atomic E-state index is 14.1. The number of halogens is 1. The molecule has 1 aliphatic heterocycles. The van der Waals surface area contributed by atoms with Crippen LogP contribution < -0.4 is 4.74 Å². The SMILES string of the molecule is COc1cccc(F)c1CN1CCO[C@H](c2cnccn2)C1. The summed E-state index contributed by atoms with van der Waals surface area (Å²) >= 11 is 0. The van der Waals surface area contributed by atoms with E-state index in [1.807, 2.05) is 0 Å². The number of ether oxygens (including phenoxy) is 2. The number of benzene rings is 1. The Morgan fingerprint density at radius 1 is 1.41 bits per heavy atom. The van der Waals surface area contributed by atoms with Crippen LogP contribution in [0, 0.1) is 5.82 Å². The highest BCUT2D eigenvalue weighted by Gasteiger charge is 2.24. The summed E-state index contributed by atoms with van der Waals surface area (Å²) in [6, 6.07) is 4.89. The fraction of sp³-hybridized carbons (Fsp3) is 0.375. The van der Waals surface area contributed by atoms with E-state index in [0.29, 0.717) is 31.0 Å². The van der Waals surface area contributed by atoms with Gasteiger partial charge in [-0.15, -0.1) is 0 Å². The molecule has 1 aliphatic rings. The minimum Gasteiger partial charge on any atom is -0.496 e. The van der Waals surface area contributed by atoms with Crippen LogP contribution in [0.1, 0.15) is 17.4 Å². The number of hydrogen-bond donors (Lipinski definition) is 0. The van der Waals surface area contributed by atoms with E-state index >= 15 is 0 Å². The first kappa shape index (κ1) is 14.9. The van der Waals surface area contributed by atoms with Crippen molar-refractivity contribution in [2.45, 2.75) is 12.6 Å². The largest absolute Gasteiger partial charge is 0.496 e. The first-order valence-corrected chi connectivity index (χ1v) is 7.19. The van der Waals surface area contributed by atoms with E-state index in [-0.39, 0.29) is 11.9 Å². The van der Waals surface area contributed by atoms with Gasteiger partial charge >= 0.3 is 0 Å². The van der Waals surface area contributed by atoms with E-state index in [1.54, 1.807) is 37.8 Å². The third-order valence-corrected chi connectivity index (χ3v) is 3.74. The highest BCUT2D eigenvalue weighted by Crippen LogP contribution is 2.26. The van der Waals surface area contributed by atoms with E-state index in [2.05, 4.69) is 14.9 Å². The maximum atomic E-state index is 14.1. The van der Waals surface area contributed by atoms with Gasteiger partial charge in [-0.05, 0) is 12.1 Å². The van der Waals surface area contributed by atoms with Crippen molar-refractivity contribution in [2.75, 3.05) is 26.8 Å². The molecule has 0 aliphatic carbocycles. The Morgan fingerprint density at radius 2 is 2.32 bits per heavy atom. The smallest absolute Gasteiger partial charge is 0.131 e. The molecular weight excluding hydrogens is 285 g/mol. The summed E-state index contributed by atoms with van der Waals surface area (Å²) in [6.07, 6.45) is 4.85. The molecule has 0 amide bonds. The van der Waals surface area contributed by atoms with Crippen LogP contribution in [0.25, 0.3) is 0 Å². The summed E-state index contributed by atoms with van der Waals surface area (Å²) < 4.78 is 25.1. The van der Waals surface area contributed by atoms with E-state index in [9.17, 15) is 4.39 Å². The van der Waals surface area contributed by atoms with Gasteiger partial charge in [0.15, 0.2) is 0 Å². The van der Waals surface area contributed by atoms with Crippen LogP contribution in [-0.4, -0.2) is 41.7 Å². The molecule has 0 N–H and O–H groups in total. The van der Waals surface area contributed by atoms with E-state index < -0.39 is 0 Å². The molecule has 0 radical (unpaired) electrons. The molecule has 3 rings (SSSR count). The Labute approximate surface area is 128 Å². The van der Waals surface area contributed by atoms with Crippen LogP contribution in [0.15, 0.2) is 36.8 Å². The minimum absolute atomic E-state index is 0.139. The lowest BCUT2D eigenvalue weighted by Gasteiger charge is -2.32. The molecule has 1 atom stereocenters. The zero-order chi connectivity index (χ0) is 15.4. The lowest BCUT2D eigenvalue weighted by Crippen LogP contribution is -2.38. The van der Waals surface area contributed by atoms with Gasteiger partial charge in [0.2, 0.25) is 0 Å². The fourth-order valence-electron chi connectivity index (χ4n) is 2.61. The summed E-state index contributed by atoms with van der Waals surface area (Å²) in [7, 11) is 1.56. The van der Waals surface area contributed by atoms with Crippen molar-refractivity contribution in [3.8, 4) is 5.75 Å². The van der Waals surface area contributed by atoms with Gasteiger partial charge in [-0.25, -0.2) is 4.39 Å². The molecule has 0 spiro atoms. The van der Waals surface area contributed by atoms with Gasteiger partial charge in [0.25, 0.3) is 0 Å². The van der Waals surface area contributed by atoms with Crippen molar-refractivity contribution < 1.29 is 13.9 Å². The molecule has 1 fully saturated rings. The number of morpholine rings is 1. The van der Waals surface area contributed by atoms with Crippen LogP contribution >= 0.6 is 0 Å². The Kier molecular flexibility index (Phi) is 4.60. The topological polar surface area (TPSA) is 47.5 Å². The summed E-state index contributed by atoms with van der Waals surface area (Å²) in [6.45, 7) is 2.46. The van der Waals surface area contributed by atoms with Crippen LogP contribution in [0.5, 0.6) is 5.75 Å². The maximum Gasteiger partial charge on any atom is 0.131 e. The van der Waals surface area contributed by atoms with Crippen molar-refractivity contribution in [1.29, 1.82) is 0 Å². The van der Waals surface area contributed by atoms with E-state index in [0.717, 1.165) is 12.2 Å². The molecule has 2 heterocycles. The fourth-order valence-corrected chi connectivity index (χ4v) is 2.61. The molecular formula is C16H18FN3O2. The zero-order valence-electron chi connectivity index (χ0n) is 12.4. The number of nitrogens with zero attached hydrogens (tertiary/aromatic N) is 3. The molecule has 22 heavy (non-hydrogen) atoms. The molecule has 6 heteroatoms. The van der Waals surface area contributed by atoms with E-state index in [1.165, 1.54) is 6.07 Å². The molecule has 1 aromatic carbocycles. The number of methoxy groups -OCH3 is 1. The van der Waals surface area contributed by atoms with Gasteiger partial charge in [-0.3, -0.25) is 14.9 Å². The summed E-state index contributed by atoms with van der Waals surface area (Å²) in [5, 5.41) is 0. The lowest BCUT2D eigenvalue weighted by molar-refractivity contribution is -0.0356. The summed E-state index contributed by atoms with van der Waals surface area (Å²) in [4.78, 5) is 10.5. The van der Waals surface area contributed by atoms with Crippen LogP contribution in [0.4, 0.5) is 4.39 Å². The quantitative estimate of drug-likeness (QED) is 0.866. The molecule has 0 bridgehead atoms. The van der Waals surface area contributed by atoms with Gasteiger partial charge < -0.3 is 9.47 Å². The van der Waals surface area contributed by atoms with Crippen molar-refractivity contribution in [3.05, 3.63) is 53.9 Å². The van der Waals surface area contributed by atoms with Crippen molar-refractivity contribution in [2.24, 2.45) is 0 Å². The monoisotopic (exact) mass is 303 g/mol. The zero-order valence-corrected chi connectivity index (χ0v) is 12.4. The Morgan fingerprint density at radius 3 is 3.09 bits per heavy atom. The highest BCUT2D eigenvalue weighted by molar-refractivity contribution is 5.34. The van der Waals surface area contributed by atoms with Gasteiger partial charge in [0.05, 0.1) is 25.6 Å². The summed E-state index contributed by atoms with van der Waals surface area (Å²) in [5.74, 6) is 0.324. The standard InChI is InChI=1S/C16H18FN3O2/c1-21-15-4-2-3-13(17)12(15)10-20-7-8-22-16(11-20)14-9-18-5-6-19-14/h2-6,9,16H,7-8,10-11H2,1H3/t16-/m0/s1. The highest BCUT2D eigenvalue weighted by atomic mass is 19.1. The average molecular weight is 303 g/mol. The normalized spacial score (nSPS) is 19.1. The molecule has 2 aromatic rings. The second kappa shape index (κ2) is 6.81. The second-order valence-corrected chi connectivity index (χ2v) is 5.15. The predicted molar refractivity (Wildman–Crippen MR) is 79.0 cm³/mol. The Hall–Kier alpha value is -2.05. The van der Waals surface area contributed by atoms with Gasteiger partial charge in [0.1, 0.15) is 17.7 Å². The number of rotatable bonds is 4. The van der Waals surface area contributed by atoms with Crippen molar-refractivity contribution in [1.82, 2.24) is 14.9 Å². The number of hydrogen-bond acceptors (Lipinski definition) is 5. The minimum atomic E-state index is -0.248. The molecule has 0 saturated carbocycles. The third-order valence-electron chi connectivity index (χ3n) is 3.74. The Bertz CT molecular complexity index is 624. The average Bonchev–Trinajstić information content (AvgIpc) is 2.58. The van der Waals surface area contributed by atoms with Gasteiger partial charge in [-0.2, -0.15) is 0 Å². The second-order valence-electron chi connectivity index (χ2n) is 5.15. The van der Waals surface area contributed by atoms with Crippen LogP contribution in [0.3, 0.4) is 0 Å². The van der Waals surface area contributed by atoms with E-state index in [4.69, 9.17) is 9.47 Å². The van der Waals surface area contributed by atoms with Gasteiger partial charge in [-0.1, -0.05) is 6.07 Å². The van der Waals surface area contributed by atoms with Crippen LogP contribution in [0.2, 0.25) is 0 Å². The molecule has 0 unspecified atom stereocenters. The first-order valence-electron chi connectivity index (χ1n) is 7.19. The molecule has 5 nitrogen and oxygen atoms in total. The first-order chi connectivity index (χ1) is 10.8. The lowest BCUT2D eigenvalue weighted by atomic mass is 10.1. The predicted octanol–water partition coefficient (Wildman–Crippen LogP) is 2.20. The summed E-state index contributed by atoms with van der Waals surface area (Å²) in [5.41, 5.74) is 1.37. The molecule has 1 saturated heterocycles. The van der Waals surface area contributed by atoms with Crippen LogP contribution in [-0.2, 0) is 11.3 Å². The molecule has 116 valence electrons. The Balaban J connectivity index is 1.74. The third kappa shape index (κ3) is 3.23. The van der Waals surface area contributed by atoms with Crippen molar-refractivity contribution in [3.63, 3.8) is 0 Å². The molecule has 1 aromatic heterocycles. The van der Waals surface area contributed by atoms with Gasteiger partial charge in [0, 0.05) is 37.6 Å². The van der Waals surface area contributed by atoms with Crippen molar-refractivity contribution >= 4 is 0 Å².